The predicted molar refractivity (Wildman–Crippen MR) is 130 cm³/mol. The lowest BCUT2D eigenvalue weighted by molar-refractivity contribution is -0.151. The fraction of sp³-hybridized carbons (Fsp3) is 0.333. The maximum Gasteiger partial charge on any atom is 0.340 e. The number of ether oxygens (including phenoxy) is 3. The van der Waals surface area contributed by atoms with Crippen LogP contribution in [0.2, 0.25) is 0 Å². The molecule has 1 aliphatic heterocycles. The maximum atomic E-state index is 13.1. The summed E-state index contributed by atoms with van der Waals surface area (Å²) in [6.45, 7) is 10.9. The van der Waals surface area contributed by atoms with E-state index in [1.165, 1.54) is 24.3 Å². The molecule has 1 aromatic carbocycles. The van der Waals surface area contributed by atoms with Crippen molar-refractivity contribution >= 4 is 41.3 Å². The molecule has 2 rings (SSSR count). The minimum Gasteiger partial charge on any atom is -0.487 e. The van der Waals surface area contributed by atoms with Crippen LogP contribution >= 0.6 is 12.6 Å². The van der Waals surface area contributed by atoms with Gasteiger partial charge in [0, 0.05) is 6.54 Å². The third-order valence-electron chi connectivity index (χ3n) is 5.00. The summed E-state index contributed by atoms with van der Waals surface area (Å²) >= 11 is 3.82. The van der Waals surface area contributed by atoms with Crippen molar-refractivity contribution in [2.45, 2.75) is 12.5 Å². The number of anilines is 1. The molecule has 0 spiro atoms. The summed E-state index contributed by atoms with van der Waals surface area (Å²) in [5, 5.41) is 5.08. The number of carbonyl (C=O) groups excluding carboxylic acids is 4. The Balaban J connectivity index is 2.21. The van der Waals surface area contributed by atoms with Crippen LogP contribution in [0.15, 0.2) is 56.2 Å². The SMILES string of the molecule is C=CCOC(=O)c1cccc(OCC=C)c1NC(=O)C1C[C@@H]([C@H](C(=O)S)C(=O)OCC=C)CN1. The largest absolute Gasteiger partial charge is 0.487 e. The summed E-state index contributed by atoms with van der Waals surface area (Å²) in [6, 6.07) is 3.95. The molecule has 34 heavy (non-hydrogen) atoms. The lowest BCUT2D eigenvalue weighted by atomic mass is 9.90. The quantitative estimate of drug-likeness (QED) is 0.167. The highest BCUT2D eigenvalue weighted by Gasteiger charge is 2.41. The topological polar surface area (TPSA) is 120 Å². The van der Waals surface area contributed by atoms with Crippen molar-refractivity contribution in [1.82, 2.24) is 5.32 Å². The number of benzene rings is 1. The van der Waals surface area contributed by atoms with E-state index in [4.69, 9.17) is 14.2 Å². The van der Waals surface area contributed by atoms with Crippen molar-refractivity contribution in [2.24, 2.45) is 11.8 Å². The van der Waals surface area contributed by atoms with Crippen molar-refractivity contribution in [3.8, 4) is 5.75 Å². The summed E-state index contributed by atoms with van der Waals surface area (Å²) in [4.78, 5) is 49.9. The third-order valence-corrected chi connectivity index (χ3v) is 5.28. The first-order chi connectivity index (χ1) is 16.3. The molecule has 9 nitrogen and oxygen atoms in total. The van der Waals surface area contributed by atoms with Crippen LogP contribution in [-0.2, 0) is 23.9 Å². The Hall–Kier alpha value is -3.37. The van der Waals surface area contributed by atoms with E-state index in [9.17, 15) is 19.2 Å². The number of thiol groups is 1. The number of rotatable bonds is 13. The van der Waals surface area contributed by atoms with E-state index in [1.807, 2.05) is 0 Å². The molecule has 2 N–H and O–H groups in total. The van der Waals surface area contributed by atoms with Gasteiger partial charge >= 0.3 is 11.9 Å². The number of amides is 1. The molecule has 0 saturated carbocycles. The molecule has 182 valence electrons. The van der Waals surface area contributed by atoms with E-state index < -0.39 is 40.8 Å². The van der Waals surface area contributed by atoms with Gasteiger partial charge in [-0.2, -0.15) is 0 Å². The van der Waals surface area contributed by atoms with Gasteiger partial charge in [-0.1, -0.05) is 44.0 Å². The van der Waals surface area contributed by atoms with Gasteiger partial charge in [-0.25, -0.2) is 4.79 Å². The van der Waals surface area contributed by atoms with Crippen molar-refractivity contribution < 1.29 is 33.4 Å². The van der Waals surface area contributed by atoms with Crippen LogP contribution in [0.4, 0.5) is 5.69 Å². The van der Waals surface area contributed by atoms with E-state index in [2.05, 4.69) is 43.0 Å². The molecule has 10 heteroatoms. The molecule has 1 heterocycles. The zero-order valence-electron chi connectivity index (χ0n) is 18.7. The van der Waals surface area contributed by atoms with Crippen LogP contribution in [0.25, 0.3) is 0 Å². The van der Waals surface area contributed by atoms with Crippen LogP contribution in [-0.4, -0.2) is 55.4 Å². The van der Waals surface area contributed by atoms with Gasteiger partial charge in [0.2, 0.25) is 5.91 Å². The Morgan fingerprint density at radius 3 is 2.41 bits per heavy atom. The van der Waals surface area contributed by atoms with Gasteiger partial charge in [-0.15, -0.1) is 12.6 Å². The van der Waals surface area contributed by atoms with E-state index in [1.54, 1.807) is 12.1 Å². The average Bonchev–Trinajstić information content (AvgIpc) is 3.29. The monoisotopic (exact) mass is 488 g/mol. The molecule has 1 amide bonds. The minimum atomic E-state index is -1.12. The predicted octanol–water partition coefficient (Wildman–Crippen LogP) is 2.31. The summed E-state index contributed by atoms with van der Waals surface area (Å²) in [5.41, 5.74) is 0.239. The fourth-order valence-corrected chi connectivity index (χ4v) is 3.78. The zero-order chi connectivity index (χ0) is 25.1. The molecule has 0 bridgehead atoms. The lowest BCUT2D eigenvalue weighted by Gasteiger charge is -2.19. The highest BCUT2D eigenvalue weighted by atomic mass is 32.1. The first-order valence-electron chi connectivity index (χ1n) is 10.5. The van der Waals surface area contributed by atoms with Crippen molar-refractivity contribution in [3.63, 3.8) is 0 Å². The summed E-state index contributed by atoms with van der Waals surface area (Å²) in [6.07, 6.45) is 4.52. The van der Waals surface area contributed by atoms with Crippen molar-refractivity contribution in [3.05, 3.63) is 61.7 Å². The second-order valence-corrected chi connectivity index (χ2v) is 7.79. The smallest absolute Gasteiger partial charge is 0.340 e. The molecular weight excluding hydrogens is 460 g/mol. The number of hydrogen-bond donors (Lipinski definition) is 3. The van der Waals surface area contributed by atoms with Crippen LogP contribution in [0.1, 0.15) is 16.8 Å². The van der Waals surface area contributed by atoms with E-state index >= 15 is 0 Å². The number of nitrogens with one attached hydrogen (secondary N) is 2. The van der Waals surface area contributed by atoms with Crippen LogP contribution in [0.5, 0.6) is 5.75 Å². The molecule has 3 atom stereocenters. The molecule has 0 aromatic heterocycles. The highest BCUT2D eigenvalue weighted by molar-refractivity contribution is 7.96. The highest BCUT2D eigenvalue weighted by Crippen LogP contribution is 2.31. The molecule has 1 unspecified atom stereocenters. The first-order valence-corrected chi connectivity index (χ1v) is 11.0. The molecule has 1 saturated heterocycles. The van der Waals surface area contributed by atoms with E-state index in [0.717, 1.165) is 0 Å². The minimum absolute atomic E-state index is 0.00305. The molecule has 0 aliphatic carbocycles. The molecule has 1 aliphatic rings. The van der Waals surface area contributed by atoms with Gasteiger partial charge in [0.1, 0.15) is 31.5 Å². The summed E-state index contributed by atoms with van der Waals surface area (Å²) in [7, 11) is 0. The number of para-hydroxylation sites is 1. The van der Waals surface area contributed by atoms with Gasteiger partial charge < -0.3 is 24.8 Å². The van der Waals surface area contributed by atoms with E-state index in [0.29, 0.717) is 0 Å². The van der Waals surface area contributed by atoms with Crippen LogP contribution < -0.4 is 15.4 Å². The Bertz CT molecular complexity index is 963. The van der Waals surface area contributed by atoms with E-state index in [-0.39, 0.29) is 49.8 Å². The fourth-order valence-electron chi connectivity index (χ4n) is 3.46. The molecule has 1 fully saturated rings. The second-order valence-electron chi connectivity index (χ2n) is 7.35. The molecule has 0 radical (unpaired) electrons. The number of carbonyl (C=O) groups is 4. The molecular formula is C24H28N2O7S. The van der Waals surface area contributed by atoms with Crippen molar-refractivity contribution in [1.29, 1.82) is 0 Å². The number of esters is 2. The van der Waals surface area contributed by atoms with Gasteiger partial charge in [-0.3, -0.25) is 14.4 Å². The van der Waals surface area contributed by atoms with Crippen molar-refractivity contribution in [2.75, 3.05) is 31.7 Å². The maximum absolute atomic E-state index is 13.1. The Labute approximate surface area is 203 Å². The number of hydrogen-bond acceptors (Lipinski definition) is 8. The standard InChI is InChI=1S/C24H28N2O7S/c1-4-10-31-18-9-7-8-16(22(28)32-11-5-2)20(18)26-21(27)17-13-15(14-25-17)19(24(30)34)23(29)33-12-6-3/h4-9,15,17,19,25H,1-3,10-14H2,(H,26,27)(H,30,34)/t15-,17?,19+/m1/s1. The third kappa shape index (κ3) is 7.06. The average molecular weight is 489 g/mol. The lowest BCUT2D eigenvalue weighted by Crippen LogP contribution is -2.36. The van der Waals surface area contributed by atoms with Gasteiger partial charge in [-0.05, 0) is 24.5 Å². The normalized spacial score (nSPS) is 17.7. The Morgan fingerprint density at radius 2 is 1.76 bits per heavy atom. The van der Waals surface area contributed by atoms with Crippen LogP contribution in [0, 0.1) is 11.8 Å². The summed E-state index contributed by atoms with van der Waals surface area (Å²) < 4.78 is 15.7. The summed E-state index contributed by atoms with van der Waals surface area (Å²) in [5.74, 6) is -3.22. The van der Waals surface area contributed by atoms with Gasteiger partial charge in [0.05, 0.1) is 17.3 Å². The zero-order valence-corrected chi connectivity index (χ0v) is 19.6. The Morgan fingerprint density at radius 1 is 1.09 bits per heavy atom. The first kappa shape index (κ1) is 26.9. The molecule has 1 aromatic rings. The van der Waals surface area contributed by atoms with Gasteiger partial charge in [0.25, 0.3) is 0 Å². The van der Waals surface area contributed by atoms with Gasteiger partial charge in [0.15, 0.2) is 5.12 Å². The Kier molecular flexibility index (Phi) is 10.6. The van der Waals surface area contributed by atoms with Crippen LogP contribution in [0.3, 0.4) is 0 Å². The second kappa shape index (κ2) is 13.4.